The Bertz CT molecular complexity index is 670. The zero-order valence-electron chi connectivity index (χ0n) is 14.1. The third kappa shape index (κ3) is 3.68. The summed E-state index contributed by atoms with van der Waals surface area (Å²) in [6, 6.07) is 10.2. The highest BCUT2D eigenvalue weighted by Gasteiger charge is 2.34. The van der Waals surface area contributed by atoms with E-state index in [1.54, 1.807) is 11.3 Å². The Balaban J connectivity index is 1.62. The number of nitrogens with zero attached hydrogens (tertiary/aromatic N) is 2. The first kappa shape index (κ1) is 17.1. The maximum Gasteiger partial charge on any atom is 0.273 e. The van der Waals surface area contributed by atoms with Gasteiger partial charge in [0.15, 0.2) is 0 Å². The first-order valence-electron chi connectivity index (χ1n) is 8.54. The van der Waals surface area contributed by atoms with Gasteiger partial charge in [-0.05, 0) is 30.2 Å². The molecule has 1 fully saturated rings. The lowest BCUT2D eigenvalue weighted by atomic mass is 9.77. The fourth-order valence-electron chi connectivity index (χ4n) is 3.23. The van der Waals surface area contributed by atoms with Gasteiger partial charge in [-0.2, -0.15) is 0 Å². The predicted molar refractivity (Wildman–Crippen MR) is 96.3 cm³/mol. The molecule has 1 aromatic carbocycles. The quantitative estimate of drug-likeness (QED) is 0.905. The number of carbonyl (C=O) groups is 1. The van der Waals surface area contributed by atoms with E-state index in [2.05, 4.69) is 24.0 Å². The fraction of sp³-hybridized carbons (Fsp3) is 0.474. The molecule has 2 heterocycles. The Morgan fingerprint density at radius 2 is 2.00 bits per heavy atom. The van der Waals surface area contributed by atoms with Crippen LogP contribution < -0.4 is 0 Å². The van der Waals surface area contributed by atoms with Crippen molar-refractivity contribution in [3.63, 3.8) is 0 Å². The van der Waals surface area contributed by atoms with Crippen molar-refractivity contribution in [3.8, 4) is 0 Å². The molecule has 1 N–H and O–H groups in total. The number of hydrogen-bond donors (Lipinski definition) is 1. The van der Waals surface area contributed by atoms with Gasteiger partial charge in [0.1, 0.15) is 5.69 Å². The van der Waals surface area contributed by atoms with Crippen molar-refractivity contribution < 1.29 is 9.90 Å². The van der Waals surface area contributed by atoms with Gasteiger partial charge < -0.3 is 10.0 Å². The van der Waals surface area contributed by atoms with Crippen molar-refractivity contribution >= 4 is 17.2 Å². The molecule has 1 amide bonds. The number of piperidine rings is 1. The Hall–Kier alpha value is -1.72. The molecule has 5 heteroatoms. The Labute approximate surface area is 147 Å². The van der Waals surface area contributed by atoms with Crippen LogP contribution >= 0.6 is 11.3 Å². The molecule has 1 aliphatic rings. The zero-order valence-corrected chi connectivity index (χ0v) is 14.9. The summed E-state index contributed by atoms with van der Waals surface area (Å²) < 4.78 is 0. The highest BCUT2D eigenvalue weighted by molar-refractivity contribution is 7.09. The van der Waals surface area contributed by atoms with Crippen molar-refractivity contribution in [2.45, 2.75) is 32.6 Å². The molecule has 1 saturated heterocycles. The second-order valence-electron chi connectivity index (χ2n) is 6.59. The SMILES string of the molecule is CCC1(CO)CCN(C(=O)c2csc(Cc3ccccc3)n2)CC1. The molecule has 0 atom stereocenters. The van der Waals surface area contributed by atoms with Crippen molar-refractivity contribution in [3.05, 3.63) is 52.0 Å². The summed E-state index contributed by atoms with van der Waals surface area (Å²) >= 11 is 1.55. The summed E-state index contributed by atoms with van der Waals surface area (Å²) in [7, 11) is 0. The Morgan fingerprint density at radius 3 is 2.62 bits per heavy atom. The minimum Gasteiger partial charge on any atom is -0.396 e. The monoisotopic (exact) mass is 344 g/mol. The van der Waals surface area contributed by atoms with Crippen LogP contribution in [-0.4, -0.2) is 40.6 Å². The van der Waals surface area contributed by atoms with E-state index >= 15 is 0 Å². The number of thiazole rings is 1. The highest BCUT2D eigenvalue weighted by Crippen LogP contribution is 2.34. The molecule has 0 spiro atoms. The van der Waals surface area contributed by atoms with Gasteiger partial charge in [0.2, 0.25) is 0 Å². The second-order valence-corrected chi connectivity index (χ2v) is 7.54. The number of amides is 1. The molecule has 2 aromatic rings. The van der Waals surface area contributed by atoms with E-state index in [1.165, 1.54) is 5.56 Å². The van der Waals surface area contributed by atoms with Gasteiger partial charge in [0.05, 0.1) is 5.01 Å². The Morgan fingerprint density at radius 1 is 1.29 bits per heavy atom. The maximum absolute atomic E-state index is 12.7. The van der Waals surface area contributed by atoms with Crippen LogP contribution in [0.3, 0.4) is 0 Å². The topological polar surface area (TPSA) is 53.4 Å². The van der Waals surface area contributed by atoms with E-state index in [-0.39, 0.29) is 17.9 Å². The molecule has 128 valence electrons. The minimum atomic E-state index is -0.00265. The van der Waals surface area contributed by atoms with Crippen LogP contribution in [0.25, 0.3) is 0 Å². The zero-order chi connectivity index (χ0) is 17.0. The van der Waals surface area contributed by atoms with Gasteiger partial charge >= 0.3 is 0 Å². The minimum absolute atomic E-state index is 0.00265. The van der Waals surface area contributed by atoms with Crippen molar-refractivity contribution in [2.75, 3.05) is 19.7 Å². The first-order chi connectivity index (χ1) is 11.7. The molecule has 0 saturated carbocycles. The largest absolute Gasteiger partial charge is 0.396 e. The van der Waals surface area contributed by atoms with Crippen LogP contribution in [0.4, 0.5) is 0 Å². The van der Waals surface area contributed by atoms with E-state index in [4.69, 9.17) is 0 Å². The van der Waals surface area contributed by atoms with E-state index < -0.39 is 0 Å². The first-order valence-corrected chi connectivity index (χ1v) is 9.42. The van der Waals surface area contributed by atoms with Gasteiger partial charge in [0, 0.05) is 31.5 Å². The number of hydrogen-bond acceptors (Lipinski definition) is 4. The number of carbonyl (C=O) groups excluding carboxylic acids is 1. The smallest absolute Gasteiger partial charge is 0.273 e. The molecule has 0 bridgehead atoms. The Kier molecular flexibility index (Phi) is 5.31. The average molecular weight is 344 g/mol. The molecule has 4 nitrogen and oxygen atoms in total. The van der Waals surface area contributed by atoms with Crippen LogP contribution in [0.15, 0.2) is 35.7 Å². The third-order valence-electron chi connectivity index (χ3n) is 5.17. The van der Waals surface area contributed by atoms with Gasteiger partial charge in [0.25, 0.3) is 5.91 Å². The number of likely N-dealkylation sites (tertiary alicyclic amines) is 1. The maximum atomic E-state index is 12.7. The van der Waals surface area contributed by atoms with Crippen molar-refractivity contribution in [1.29, 1.82) is 0 Å². The van der Waals surface area contributed by atoms with Crippen molar-refractivity contribution in [2.24, 2.45) is 5.41 Å². The molecule has 0 aliphatic carbocycles. The van der Waals surface area contributed by atoms with E-state index in [1.807, 2.05) is 28.5 Å². The summed E-state index contributed by atoms with van der Waals surface area (Å²) in [5.74, 6) is 0.0215. The fourth-order valence-corrected chi connectivity index (χ4v) is 4.03. The molecular weight excluding hydrogens is 320 g/mol. The third-order valence-corrected chi connectivity index (χ3v) is 6.01. The number of aliphatic hydroxyl groups is 1. The summed E-state index contributed by atoms with van der Waals surface area (Å²) in [6.07, 6.45) is 3.46. The summed E-state index contributed by atoms with van der Waals surface area (Å²) in [5.41, 5.74) is 1.76. The van der Waals surface area contributed by atoms with Crippen LogP contribution in [0.1, 0.15) is 47.2 Å². The molecule has 24 heavy (non-hydrogen) atoms. The lowest BCUT2D eigenvalue weighted by Gasteiger charge is -2.40. The average Bonchev–Trinajstić information content (AvgIpc) is 3.10. The van der Waals surface area contributed by atoms with Crippen molar-refractivity contribution in [1.82, 2.24) is 9.88 Å². The lowest BCUT2D eigenvalue weighted by molar-refractivity contribution is 0.0335. The van der Waals surface area contributed by atoms with E-state index in [0.717, 1.165) is 30.7 Å². The van der Waals surface area contributed by atoms with Gasteiger partial charge in [-0.1, -0.05) is 37.3 Å². The van der Waals surface area contributed by atoms with Crippen LogP contribution in [0.2, 0.25) is 0 Å². The number of aromatic nitrogens is 1. The molecule has 0 unspecified atom stereocenters. The molecular formula is C19H24N2O2S. The number of rotatable bonds is 5. The summed E-state index contributed by atoms with van der Waals surface area (Å²) in [5, 5.41) is 12.5. The number of benzene rings is 1. The second kappa shape index (κ2) is 7.45. The lowest BCUT2D eigenvalue weighted by Crippen LogP contribution is -2.44. The molecule has 0 radical (unpaired) electrons. The van der Waals surface area contributed by atoms with E-state index in [9.17, 15) is 9.90 Å². The van der Waals surface area contributed by atoms with Gasteiger partial charge in [-0.3, -0.25) is 4.79 Å². The van der Waals surface area contributed by atoms with Crippen LogP contribution in [0, 0.1) is 5.41 Å². The highest BCUT2D eigenvalue weighted by atomic mass is 32.1. The standard InChI is InChI=1S/C19H24N2O2S/c1-2-19(14-22)8-10-21(11-9-19)18(23)16-13-24-17(20-16)12-15-6-4-3-5-7-15/h3-7,13,22H,2,8-12,14H2,1H3. The molecule has 1 aromatic heterocycles. The summed E-state index contributed by atoms with van der Waals surface area (Å²) in [4.78, 5) is 19.1. The van der Waals surface area contributed by atoms with E-state index in [0.29, 0.717) is 18.8 Å². The molecule has 3 rings (SSSR count). The molecule has 1 aliphatic heterocycles. The van der Waals surface area contributed by atoms with Crippen LogP contribution in [0.5, 0.6) is 0 Å². The van der Waals surface area contributed by atoms with Gasteiger partial charge in [-0.25, -0.2) is 4.98 Å². The predicted octanol–water partition coefficient (Wildman–Crippen LogP) is 3.36. The van der Waals surface area contributed by atoms with Crippen LogP contribution in [-0.2, 0) is 6.42 Å². The van der Waals surface area contributed by atoms with Gasteiger partial charge in [-0.15, -0.1) is 11.3 Å². The number of aliphatic hydroxyl groups excluding tert-OH is 1. The normalized spacial score (nSPS) is 17.0. The summed E-state index contributed by atoms with van der Waals surface area (Å²) in [6.45, 7) is 3.74.